The molecule has 0 saturated carbocycles. The Bertz CT molecular complexity index is 557. The zero-order chi connectivity index (χ0) is 15.7. The summed E-state index contributed by atoms with van der Waals surface area (Å²) in [7, 11) is 1.65. The Hall–Kier alpha value is -2.55. The van der Waals surface area contributed by atoms with Gasteiger partial charge in [-0.3, -0.25) is 0 Å². The van der Waals surface area contributed by atoms with E-state index in [1.54, 1.807) is 25.3 Å². The highest BCUT2D eigenvalue weighted by molar-refractivity contribution is 5.83. The molecule has 0 unspecified atom stereocenters. The van der Waals surface area contributed by atoms with E-state index in [4.69, 9.17) is 9.47 Å². The first-order valence-electron chi connectivity index (χ1n) is 6.66. The van der Waals surface area contributed by atoms with Crippen LogP contribution in [0.5, 0.6) is 5.75 Å². The van der Waals surface area contributed by atoms with E-state index < -0.39 is 5.97 Å². The largest absolute Gasteiger partial charge is 0.501 e. The van der Waals surface area contributed by atoms with Gasteiger partial charge in [0.05, 0.1) is 12.9 Å². The highest BCUT2D eigenvalue weighted by Gasteiger charge is 2.01. The second kappa shape index (κ2) is 8.59. The minimum absolute atomic E-state index is 0.474. The Labute approximate surface area is 125 Å². The van der Waals surface area contributed by atoms with Gasteiger partial charge in [0, 0.05) is 12.5 Å². The van der Waals surface area contributed by atoms with Crippen LogP contribution in [-0.2, 0) is 9.53 Å². The molecule has 110 valence electrons. The summed E-state index contributed by atoms with van der Waals surface area (Å²) < 4.78 is 10.3. The molecule has 0 saturated heterocycles. The number of esters is 1. The molecule has 0 atom stereocenters. The van der Waals surface area contributed by atoms with Crippen LogP contribution in [0.4, 0.5) is 0 Å². The van der Waals surface area contributed by atoms with Gasteiger partial charge in [-0.25, -0.2) is 4.79 Å². The second-order valence-electron chi connectivity index (χ2n) is 4.17. The summed E-state index contributed by atoms with van der Waals surface area (Å²) in [4.78, 5) is 11.1. The number of hydrogen-bond donors (Lipinski definition) is 0. The monoisotopic (exact) mass is 284 g/mol. The van der Waals surface area contributed by atoms with Crippen LogP contribution >= 0.6 is 0 Å². The van der Waals surface area contributed by atoms with Gasteiger partial charge in [-0.2, -0.15) is 0 Å². The molecular weight excluding hydrogens is 264 g/mol. The molecule has 21 heavy (non-hydrogen) atoms. The Morgan fingerprint density at radius 2 is 1.81 bits per heavy atom. The van der Waals surface area contributed by atoms with Gasteiger partial charge in [0.2, 0.25) is 0 Å². The molecule has 0 spiro atoms. The number of hydrogen-bond acceptors (Lipinski definition) is 3. The number of carbonyl (C=O) groups excluding carboxylic acids is 1. The fraction of sp³-hybridized carbons (Fsp3) is 0.167. The van der Waals surface area contributed by atoms with Crippen molar-refractivity contribution in [2.75, 3.05) is 7.11 Å². The van der Waals surface area contributed by atoms with Crippen LogP contribution < -0.4 is 4.74 Å². The van der Waals surface area contributed by atoms with Crippen LogP contribution in [0.1, 0.15) is 18.9 Å². The normalized spacial score (nSPS) is 11.7. The Kier molecular flexibility index (Phi) is 6.75. The van der Waals surface area contributed by atoms with Crippen LogP contribution in [-0.4, -0.2) is 13.1 Å². The molecule has 0 amide bonds. The summed E-state index contributed by atoms with van der Waals surface area (Å²) in [6, 6.07) is 7.20. The topological polar surface area (TPSA) is 35.5 Å². The van der Waals surface area contributed by atoms with Crippen LogP contribution in [0.2, 0.25) is 0 Å². The molecule has 0 fully saturated rings. The zero-order valence-corrected chi connectivity index (χ0v) is 12.5. The summed E-state index contributed by atoms with van der Waals surface area (Å²) in [5.41, 5.74) is 1.94. The van der Waals surface area contributed by atoms with Gasteiger partial charge in [-0.05, 0) is 29.3 Å². The van der Waals surface area contributed by atoms with E-state index in [0.29, 0.717) is 5.75 Å². The molecule has 1 aromatic rings. The van der Waals surface area contributed by atoms with E-state index in [9.17, 15) is 4.79 Å². The molecule has 0 N–H and O–H groups in total. The van der Waals surface area contributed by atoms with Crippen LogP contribution in [0.15, 0.2) is 67.5 Å². The maximum Gasteiger partial charge on any atom is 0.335 e. The third-order valence-corrected chi connectivity index (χ3v) is 2.85. The molecule has 0 aliphatic heterocycles. The van der Waals surface area contributed by atoms with Crippen molar-refractivity contribution in [1.82, 2.24) is 0 Å². The summed E-state index contributed by atoms with van der Waals surface area (Å²) in [5, 5.41) is 0. The maximum absolute atomic E-state index is 11.1. The van der Waals surface area contributed by atoms with Crippen molar-refractivity contribution in [2.45, 2.75) is 13.3 Å². The molecule has 0 radical (unpaired) electrons. The van der Waals surface area contributed by atoms with Gasteiger partial charge in [0.15, 0.2) is 0 Å². The highest BCUT2D eigenvalue weighted by Crippen LogP contribution is 2.20. The first-order chi connectivity index (χ1) is 10.1. The average Bonchev–Trinajstić information content (AvgIpc) is 2.53. The first-order valence-corrected chi connectivity index (χ1v) is 6.66. The summed E-state index contributed by atoms with van der Waals surface area (Å²) >= 11 is 0. The van der Waals surface area contributed by atoms with E-state index in [0.717, 1.165) is 29.4 Å². The lowest BCUT2D eigenvalue weighted by atomic mass is 10.1. The molecule has 3 heteroatoms. The molecule has 3 nitrogen and oxygen atoms in total. The molecule has 1 aromatic carbocycles. The van der Waals surface area contributed by atoms with Crippen molar-refractivity contribution in [1.29, 1.82) is 0 Å². The predicted octanol–water partition coefficient (Wildman–Crippen LogP) is 4.29. The molecule has 0 aromatic heterocycles. The fourth-order valence-electron chi connectivity index (χ4n) is 1.67. The van der Waals surface area contributed by atoms with Crippen LogP contribution in [0.25, 0.3) is 5.57 Å². The minimum atomic E-state index is -0.474. The third-order valence-electron chi connectivity index (χ3n) is 2.85. The predicted molar refractivity (Wildman–Crippen MR) is 85.8 cm³/mol. The number of allylic oxidation sites excluding steroid dienone is 5. The lowest BCUT2D eigenvalue weighted by molar-refractivity contribution is -0.128. The van der Waals surface area contributed by atoms with Crippen molar-refractivity contribution in [2.24, 2.45) is 0 Å². The molecule has 1 rings (SSSR count). The van der Waals surface area contributed by atoms with E-state index in [1.807, 2.05) is 31.2 Å². The minimum Gasteiger partial charge on any atom is -0.501 e. The molecule has 0 aliphatic rings. The number of benzene rings is 1. The van der Waals surface area contributed by atoms with Crippen molar-refractivity contribution in [3.8, 4) is 5.75 Å². The fourth-order valence-corrected chi connectivity index (χ4v) is 1.67. The van der Waals surface area contributed by atoms with Crippen molar-refractivity contribution in [3.05, 3.63) is 73.1 Å². The smallest absolute Gasteiger partial charge is 0.335 e. The van der Waals surface area contributed by atoms with Gasteiger partial charge >= 0.3 is 5.97 Å². The van der Waals surface area contributed by atoms with Crippen LogP contribution in [0, 0.1) is 0 Å². The van der Waals surface area contributed by atoms with Gasteiger partial charge < -0.3 is 9.47 Å². The maximum atomic E-state index is 11.1. The van der Waals surface area contributed by atoms with Gasteiger partial charge in [-0.15, -0.1) is 0 Å². The van der Waals surface area contributed by atoms with Crippen molar-refractivity contribution < 1.29 is 14.3 Å². The quantitative estimate of drug-likeness (QED) is 0.246. The van der Waals surface area contributed by atoms with Gasteiger partial charge in [-0.1, -0.05) is 44.4 Å². The van der Waals surface area contributed by atoms with Crippen molar-refractivity contribution in [3.63, 3.8) is 0 Å². The SMILES string of the molecule is C=CC(=O)Oc1ccc(/C(C=C)=C/C=C(\CC)OC)cc1. The molecular formula is C18H20O3. The van der Waals surface area contributed by atoms with Gasteiger partial charge in [0.25, 0.3) is 0 Å². The Morgan fingerprint density at radius 1 is 1.14 bits per heavy atom. The third kappa shape index (κ3) is 5.15. The highest BCUT2D eigenvalue weighted by atomic mass is 16.5. The van der Waals surface area contributed by atoms with Gasteiger partial charge in [0.1, 0.15) is 5.75 Å². The summed E-state index contributed by atoms with van der Waals surface area (Å²) in [5.74, 6) is 0.900. The second-order valence-corrected chi connectivity index (χ2v) is 4.17. The summed E-state index contributed by atoms with van der Waals surface area (Å²) in [6.45, 7) is 9.20. The molecule has 0 heterocycles. The lowest BCUT2D eigenvalue weighted by Gasteiger charge is -2.05. The van der Waals surface area contributed by atoms with E-state index in [1.165, 1.54) is 0 Å². The van der Waals surface area contributed by atoms with E-state index in [2.05, 4.69) is 13.2 Å². The number of rotatable bonds is 7. The summed E-state index contributed by atoms with van der Waals surface area (Å²) in [6.07, 6.45) is 7.59. The van der Waals surface area contributed by atoms with Crippen LogP contribution in [0.3, 0.4) is 0 Å². The van der Waals surface area contributed by atoms with E-state index >= 15 is 0 Å². The van der Waals surface area contributed by atoms with Crippen molar-refractivity contribution >= 4 is 11.5 Å². The number of carbonyl (C=O) groups is 1. The average molecular weight is 284 g/mol. The molecule has 0 bridgehead atoms. The standard InChI is InChI=1S/C18H20O3/c1-5-14(8-11-16(6-2)20-4)15-9-12-17(13-10-15)21-18(19)7-3/h5,7-13H,1,3,6H2,2,4H3/b14-8+,16-11+. The zero-order valence-electron chi connectivity index (χ0n) is 12.5. The lowest BCUT2D eigenvalue weighted by Crippen LogP contribution is -2.02. The Balaban J connectivity index is 2.94. The Morgan fingerprint density at radius 3 is 2.29 bits per heavy atom. The number of ether oxygens (including phenoxy) is 2. The first kappa shape index (κ1) is 16.5. The number of methoxy groups -OCH3 is 1. The van der Waals surface area contributed by atoms with E-state index in [-0.39, 0.29) is 0 Å². The molecule has 0 aliphatic carbocycles.